The van der Waals surface area contributed by atoms with Gasteiger partial charge in [0.05, 0.1) is 6.54 Å². The van der Waals surface area contributed by atoms with E-state index in [1.807, 2.05) is 19.1 Å². The van der Waals surface area contributed by atoms with Crippen LogP contribution >= 0.6 is 0 Å². The highest BCUT2D eigenvalue weighted by atomic mass is 15.0. The summed E-state index contributed by atoms with van der Waals surface area (Å²) in [4.78, 5) is 0. The van der Waals surface area contributed by atoms with Gasteiger partial charge in [0.1, 0.15) is 0 Å². The number of aromatic nitrogens is 1. The third kappa shape index (κ3) is 6.63. The first-order chi connectivity index (χ1) is 15.9. The highest BCUT2D eigenvalue weighted by molar-refractivity contribution is 5.83. The molecule has 0 aliphatic rings. The number of aryl methyl sites for hydroxylation is 1. The van der Waals surface area contributed by atoms with Gasteiger partial charge in [0.15, 0.2) is 0 Å². The summed E-state index contributed by atoms with van der Waals surface area (Å²) in [5.74, 6) is 0. The van der Waals surface area contributed by atoms with E-state index in [2.05, 4.69) is 121 Å². The molecule has 2 nitrogen and oxygen atoms in total. The van der Waals surface area contributed by atoms with E-state index >= 15 is 0 Å². The summed E-state index contributed by atoms with van der Waals surface area (Å²) in [6.07, 6.45) is 2.08. The number of nitrogens with zero attached hydrogens (tertiary/aromatic N) is 1. The van der Waals surface area contributed by atoms with Gasteiger partial charge in [-0.3, -0.25) is 0 Å². The predicted molar refractivity (Wildman–Crippen MR) is 153 cm³/mol. The van der Waals surface area contributed by atoms with Crippen molar-refractivity contribution in [3.8, 4) is 0 Å². The van der Waals surface area contributed by atoms with Crippen LogP contribution in [0.4, 0.5) is 0 Å². The predicted octanol–water partition coefficient (Wildman–Crippen LogP) is 7.32. The number of nitrogens with one attached hydrogen (secondary N) is 1. The van der Waals surface area contributed by atoms with Crippen LogP contribution in [0.15, 0.2) is 78.0 Å². The Kier molecular flexibility index (Phi) is 8.93. The monoisotopic (exact) mass is 454 g/mol. The highest BCUT2D eigenvalue weighted by Gasteiger charge is 2.19. The van der Waals surface area contributed by atoms with Crippen molar-refractivity contribution >= 4 is 29.6 Å². The third-order valence-electron chi connectivity index (χ3n) is 6.27. The minimum absolute atomic E-state index is 0.0462. The zero-order valence-corrected chi connectivity index (χ0v) is 22.5. The maximum Gasteiger partial charge on any atom is 0.0626 e. The topological polar surface area (TPSA) is 17.0 Å². The second kappa shape index (κ2) is 11.2. The van der Waals surface area contributed by atoms with Gasteiger partial charge in [-0.1, -0.05) is 106 Å². The van der Waals surface area contributed by atoms with Crippen molar-refractivity contribution in [2.75, 3.05) is 0 Å². The molecule has 2 aromatic carbocycles. The summed E-state index contributed by atoms with van der Waals surface area (Å²) in [6.45, 7) is 30.7. The standard InChI is InChI=1S/C27H32N2.C5H10/c1-18-13-15-23(16-14-18)26(20(3)27(6,7)8)28-19(2)17-29-21(4)24-11-9-10-12-25(24)22(29)5;1-4-5(2)3/h9-16,28H,2,4-5,17H2,1,3,6-8H3;4H,1-3H3/b26-20+;. The smallest absolute Gasteiger partial charge is 0.0626 e. The quantitative estimate of drug-likeness (QED) is 0.400. The number of benzene rings is 2. The van der Waals surface area contributed by atoms with Gasteiger partial charge in [0, 0.05) is 32.9 Å². The molecule has 0 radical (unpaired) electrons. The molecule has 0 saturated heterocycles. The van der Waals surface area contributed by atoms with E-state index in [1.54, 1.807) is 0 Å². The van der Waals surface area contributed by atoms with Crippen molar-refractivity contribution in [1.82, 2.24) is 9.88 Å². The van der Waals surface area contributed by atoms with Gasteiger partial charge in [-0.25, -0.2) is 0 Å². The SMILES string of the molecule is C=C(Cn1c(=C)c2ccccc2c1=C)N/C(=C(\C)C(C)(C)C)c1ccc(C)cc1.CC=C(C)C. The van der Waals surface area contributed by atoms with Crippen molar-refractivity contribution < 1.29 is 0 Å². The molecule has 0 bridgehead atoms. The summed E-state index contributed by atoms with van der Waals surface area (Å²) in [5.41, 5.74) is 7.18. The van der Waals surface area contributed by atoms with E-state index in [9.17, 15) is 0 Å². The molecule has 3 rings (SSSR count). The molecule has 1 aromatic heterocycles. The van der Waals surface area contributed by atoms with Gasteiger partial charge in [-0.2, -0.15) is 0 Å². The molecule has 34 heavy (non-hydrogen) atoms. The number of hydrogen-bond acceptors (Lipinski definition) is 1. The van der Waals surface area contributed by atoms with E-state index < -0.39 is 0 Å². The lowest BCUT2D eigenvalue weighted by atomic mass is 9.84. The van der Waals surface area contributed by atoms with Gasteiger partial charge in [-0.05, 0) is 51.2 Å². The molecule has 3 aromatic rings. The second-order valence-corrected chi connectivity index (χ2v) is 10.2. The fourth-order valence-electron chi connectivity index (χ4n) is 3.52. The van der Waals surface area contributed by atoms with Crippen LogP contribution < -0.4 is 16.0 Å². The molecule has 0 aliphatic heterocycles. The lowest BCUT2D eigenvalue weighted by Gasteiger charge is -2.26. The van der Waals surface area contributed by atoms with E-state index in [4.69, 9.17) is 0 Å². The van der Waals surface area contributed by atoms with Crippen molar-refractivity contribution in [2.45, 2.75) is 61.9 Å². The van der Waals surface area contributed by atoms with Crippen LogP contribution in [0.1, 0.15) is 59.6 Å². The second-order valence-electron chi connectivity index (χ2n) is 10.2. The largest absolute Gasteiger partial charge is 0.357 e. The number of hydrogen-bond donors (Lipinski definition) is 1. The lowest BCUT2D eigenvalue weighted by molar-refractivity contribution is 0.503. The maximum atomic E-state index is 4.33. The Morgan fingerprint density at radius 1 is 0.912 bits per heavy atom. The van der Waals surface area contributed by atoms with Gasteiger partial charge >= 0.3 is 0 Å². The summed E-state index contributed by atoms with van der Waals surface area (Å²) in [5, 5.41) is 7.85. The van der Waals surface area contributed by atoms with Crippen LogP contribution in [0.3, 0.4) is 0 Å². The lowest BCUT2D eigenvalue weighted by Crippen LogP contribution is -2.29. The summed E-state index contributed by atoms with van der Waals surface area (Å²) in [7, 11) is 0. The molecule has 180 valence electrons. The fraction of sp³-hybridized carbons (Fsp3) is 0.312. The number of rotatable bonds is 5. The molecule has 0 atom stereocenters. The van der Waals surface area contributed by atoms with Crippen molar-refractivity contribution in [1.29, 1.82) is 0 Å². The van der Waals surface area contributed by atoms with Gasteiger partial charge in [-0.15, -0.1) is 0 Å². The van der Waals surface area contributed by atoms with Crippen LogP contribution in [-0.4, -0.2) is 4.57 Å². The Morgan fingerprint density at radius 2 is 1.38 bits per heavy atom. The molecule has 1 heterocycles. The molecule has 0 amide bonds. The number of fused-ring (bicyclic) bond motifs is 1. The molecule has 0 unspecified atom stereocenters. The molecule has 1 N–H and O–H groups in total. The van der Waals surface area contributed by atoms with E-state index in [-0.39, 0.29) is 5.41 Å². The zero-order valence-electron chi connectivity index (χ0n) is 22.5. The molecule has 0 saturated carbocycles. The maximum absolute atomic E-state index is 4.33. The Hall–Kier alpha value is -3.26. The van der Waals surface area contributed by atoms with Crippen molar-refractivity contribution in [2.24, 2.45) is 5.41 Å². The van der Waals surface area contributed by atoms with E-state index in [0.717, 1.165) is 32.9 Å². The van der Waals surface area contributed by atoms with E-state index in [0.29, 0.717) is 6.54 Å². The van der Waals surface area contributed by atoms with Gasteiger partial charge < -0.3 is 9.88 Å². The minimum atomic E-state index is 0.0462. The van der Waals surface area contributed by atoms with Gasteiger partial charge in [0.2, 0.25) is 0 Å². The Balaban J connectivity index is 0.000000739. The Morgan fingerprint density at radius 3 is 1.79 bits per heavy atom. The molecular weight excluding hydrogens is 412 g/mol. The van der Waals surface area contributed by atoms with Crippen LogP contribution in [0.5, 0.6) is 0 Å². The normalized spacial score (nSPS) is 11.9. The van der Waals surface area contributed by atoms with E-state index in [1.165, 1.54) is 22.3 Å². The first-order valence-corrected chi connectivity index (χ1v) is 11.9. The summed E-state index contributed by atoms with van der Waals surface area (Å²) in [6, 6.07) is 16.9. The minimum Gasteiger partial charge on any atom is -0.357 e. The average molecular weight is 455 g/mol. The molecule has 0 fully saturated rings. The highest BCUT2D eigenvalue weighted by Crippen LogP contribution is 2.31. The summed E-state index contributed by atoms with van der Waals surface area (Å²) < 4.78 is 2.14. The molecule has 2 heteroatoms. The van der Waals surface area contributed by atoms with Gasteiger partial charge in [0.25, 0.3) is 0 Å². The Bertz CT molecular complexity index is 1260. The van der Waals surface area contributed by atoms with Crippen LogP contribution in [-0.2, 0) is 6.54 Å². The van der Waals surface area contributed by atoms with Crippen LogP contribution in [0, 0.1) is 12.3 Å². The molecular formula is C32H42N2. The molecule has 0 spiro atoms. The first kappa shape index (κ1) is 27.0. The first-order valence-electron chi connectivity index (χ1n) is 11.9. The fourth-order valence-corrected chi connectivity index (χ4v) is 3.52. The Labute approximate surface area is 206 Å². The number of allylic oxidation sites excluding steroid dienone is 4. The van der Waals surface area contributed by atoms with Crippen LogP contribution in [0.2, 0.25) is 0 Å². The zero-order chi connectivity index (χ0) is 25.6. The average Bonchev–Trinajstić information content (AvgIpc) is 3.02. The van der Waals surface area contributed by atoms with Crippen LogP contribution in [0.25, 0.3) is 29.6 Å². The summed E-state index contributed by atoms with van der Waals surface area (Å²) >= 11 is 0. The van der Waals surface area contributed by atoms with Crippen molar-refractivity contribution in [3.05, 3.63) is 99.9 Å². The third-order valence-corrected chi connectivity index (χ3v) is 6.27. The molecule has 0 aliphatic carbocycles. The van der Waals surface area contributed by atoms with Crippen molar-refractivity contribution in [3.63, 3.8) is 0 Å².